The third-order valence-electron chi connectivity index (χ3n) is 15.8. The molecule has 5 heterocycles. The van der Waals surface area contributed by atoms with E-state index >= 15 is 4.79 Å². The Morgan fingerprint density at radius 3 is 2.26 bits per heavy atom. The summed E-state index contributed by atoms with van der Waals surface area (Å²) < 4.78 is 16.1. The number of esters is 1. The number of hydrogen-bond donors (Lipinski definition) is 3. The van der Waals surface area contributed by atoms with Crippen molar-refractivity contribution in [1.29, 1.82) is 0 Å². The molecule has 3 aliphatic rings. The molecule has 3 amide bonds. The number of hydrogen-bond acceptors (Lipinski definition) is 9. The minimum Gasteiger partial charge on any atom is -0.543 e. The van der Waals surface area contributed by atoms with Gasteiger partial charge in [-0.15, -0.1) is 0 Å². The molecule has 13 nitrogen and oxygen atoms in total. The first-order chi connectivity index (χ1) is 34.1. The van der Waals surface area contributed by atoms with Gasteiger partial charge in [-0.3, -0.25) is 29.2 Å². The molecule has 0 aliphatic carbocycles. The Morgan fingerprint density at radius 1 is 0.931 bits per heavy atom. The molecule has 7 rings (SSSR count). The molecule has 0 radical (unpaired) electrons. The zero-order valence-electron chi connectivity index (χ0n) is 45.9. The predicted molar refractivity (Wildman–Crippen MR) is 291 cm³/mol. The molecule has 0 spiro atoms. The number of aromatic nitrogens is 2. The number of aryl methyl sites for hydroxylation is 1. The van der Waals surface area contributed by atoms with Gasteiger partial charge in [0.25, 0.3) is 14.2 Å². The first-order valence-corrected chi connectivity index (χ1v) is 29.2. The van der Waals surface area contributed by atoms with E-state index in [-0.39, 0.29) is 42.6 Å². The molecule has 2 fully saturated rings. The molecule has 0 unspecified atom stereocenters. The standard InChI is InChI=1S/C58H85N7O6Si/c1-15-64-50-21-20-42-32-46(50)47(53(64)45-18-16-24-60-51(45)35(2)3)33-58(12,13)34-70-57(69)48-19-17-27-65(62-48)56(68)49(61-54(66)52(36(4)5)63(14)55(67)41-22-25-59-26-23-41)30-40-28-43(42)31-44(29-40)71-72(37(6)7,38(8)9)39(10)11/h16,18,20-21,24,28-29,31-32,35-39,41,48-49,52,59,62H,15,17,19,22-23,25-27,30,33-34H2,1-14H3,(H,61,66)/t48-,49-,52-/m0/s1. The maximum atomic E-state index is 15.2. The van der Waals surface area contributed by atoms with E-state index < -0.39 is 43.7 Å². The lowest BCUT2D eigenvalue weighted by atomic mass is 9.83. The van der Waals surface area contributed by atoms with E-state index in [1.165, 1.54) is 10.6 Å². The van der Waals surface area contributed by atoms with Gasteiger partial charge in [0.15, 0.2) is 0 Å². The van der Waals surface area contributed by atoms with Crippen molar-refractivity contribution in [3.05, 3.63) is 71.5 Å². The number of nitrogens with one attached hydrogen (secondary N) is 3. The summed E-state index contributed by atoms with van der Waals surface area (Å²) in [6, 6.07) is 14.6. The highest BCUT2D eigenvalue weighted by atomic mass is 28.4. The molecule has 0 saturated carbocycles. The average Bonchev–Trinajstić information content (AvgIpc) is 3.64. The van der Waals surface area contributed by atoms with Crippen molar-refractivity contribution in [3.8, 4) is 28.1 Å². The predicted octanol–water partition coefficient (Wildman–Crippen LogP) is 10.2. The van der Waals surface area contributed by atoms with Gasteiger partial charge in [-0.25, -0.2) is 5.43 Å². The third kappa shape index (κ3) is 11.4. The van der Waals surface area contributed by atoms with Crippen molar-refractivity contribution >= 4 is 42.9 Å². The molecule has 6 bridgehead atoms. The zero-order chi connectivity index (χ0) is 52.4. The first kappa shape index (κ1) is 54.7. The molecular weight excluding hydrogens is 919 g/mol. The van der Waals surface area contributed by atoms with Crippen molar-refractivity contribution in [3.63, 3.8) is 0 Å². The second kappa shape index (κ2) is 22.6. The third-order valence-corrected chi connectivity index (χ3v) is 21.8. The van der Waals surface area contributed by atoms with Gasteiger partial charge in [0, 0.05) is 60.6 Å². The van der Waals surface area contributed by atoms with Crippen LogP contribution in [0.4, 0.5) is 0 Å². The van der Waals surface area contributed by atoms with Gasteiger partial charge in [-0.1, -0.05) is 95.2 Å². The highest BCUT2D eigenvalue weighted by Gasteiger charge is 2.47. The fourth-order valence-corrected chi connectivity index (χ4v) is 17.6. The van der Waals surface area contributed by atoms with E-state index in [2.05, 4.69) is 139 Å². The summed E-state index contributed by atoms with van der Waals surface area (Å²) in [5.74, 6) is -0.741. The maximum Gasteiger partial charge on any atom is 0.324 e. The van der Waals surface area contributed by atoms with Gasteiger partial charge < -0.3 is 29.3 Å². The summed E-state index contributed by atoms with van der Waals surface area (Å²) in [4.78, 5) is 64.7. The number of amides is 3. The Morgan fingerprint density at radius 2 is 1.62 bits per heavy atom. The van der Waals surface area contributed by atoms with Crippen molar-refractivity contribution in [1.82, 2.24) is 35.5 Å². The van der Waals surface area contributed by atoms with Crippen LogP contribution in [0, 0.1) is 17.3 Å². The second-order valence-corrected chi connectivity index (χ2v) is 28.7. The lowest BCUT2D eigenvalue weighted by Crippen LogP contribution is -2.62. The molecule has 3 N–H and O–H groups in total. The second-order valence-electron chi connectivity index (χ2n) is 23.4. The highest BCUT2D eigenvalue weighted by molar-refractivity contribution is 6.78. The number of piperidine rings is 1. The van der Waals surface area contributed by atoms with E-state index in [0.29, 0.717) is 55.3 Å². The number of hydrazine groups is 1. The van der Waals surface area contributed by atoms with Crippen LogP contribution in [0.25, 0.3) is 33.3 Å². The van der Waals surface area contributed by atoms with Crippen LogP contribution in [-0.4, -0.2) is 103 Å². The lowest BCUT2D eigenvalue weighted by Gasteiger charge is -2.42. The van der Waals surface area contributed by atoms with E-state index in [1.807, 2.05) is 26.1 Å². The smallest absolute Gasteiger partial charge is 0.324 e. The Labute approximate surface area is 431 Å². The van der Waals surface area contributed by atoms with E-state index in [4.69, 9.17) is 14.1 Å². The quantitative estimate of drug-likeness (QED) is 0.0880. The van der Waals surface area contributed by atoms with Crippen LogP contribution in [0.15, 0.2) is 54.7 Å². The number of pyridine rings is 1. The monoisotopic (exact) mass is 1000 g/mol. The van der Waals surface area contributed by atoms with E-state index in [0.717, 1.165) is 69.9 Å². The minimum atomic E-state index is -2.50. The van der Waals surface area contributed by atoms with Crippen LogP contribution in [0.1, 0.15) is 138 Å². The Balaban J connectivity index is 1.44. The van der Waals surface area contributed by atoms with Crippen molar-refractivity contribution in [2.75, 3.05) is 33.3 Å². The largest absolute Gasteiger partial charge is 0.543 e. The number of rotatable bonds is 13. The van der Waals surface area contributed by atoms with Crippen LogP contribution in [0.2, 0.25) is 16.6 Å². The van der Waals surface area contributed by atoms with Gasteiger partial charge in [0.1, 0.15) is 23.9 Å². The molecule has 2 aromatic heterocycles. The molecule has 3 aliphatic heterocycles. The van der Waals surface area contributed by atoms with Crippen LogP contribution in [0.5, 0.6) is 5.75 Å². The Kier molecular flexibility index (Phi) is 17.2. The van der Waals surface area contributed by atoms with Crippen LogP contribution >= 0.6 is 0 Å². The number of carbonyl (C=O) groups excluding carboxylic acids is 4. The maximum absolute atomic E-state index is 15.2. The number of likely N-dealkylation sites (N-methyl/N-ethyl adjacent to an activating group) is 1. The van der Waals surface area contributed by atoms with E-state index in [9.17, 15) is 14.4 Å². The van der Waals surface area contributed by atoms with Crippen molar-refractivity contribution in [2.45, 2.75) is 176 Å². The van der Waals surface area contributed by atoms with Gasteiger partial charge in [-0.2, -0.15) is 0 Å². The Hall–Kier alpha value is -5.05. The lowest BCUT2D eigenvalue weighted by molar-refractivity contribution is -0.155. The number of carbonyl (C=O) groups is 4. The SMILES string of the molecule is CCn1c(-c2cccnc2C(C)C)c2c3cc(ccc31)-c1cc(cc(O[Si](C(C)C)(C(C)C)C(C)C)c1)C[C@H](NC(=O)[C@H](C(C)C)N(C)C(=O)C1CCNCC1)C(=O)N1CCC[C@H](N1)C(=O)OCC(C)(C)C2. The Bertz CT molecular complexity index is 2570. The normalized spacial score (nSPS) is 19.8. The molecule has 3 atom stereocenters. The topological polar surface area (TPSA) is 147 Å². The number of nitrogens with zero attached hydrogens (tertiary/aromatic N) is 4. The van der Waals surface area contributed by atoms with Crippen LogP contribution in [0.3, 0.4) is 0 Å². The molecule has 4 aromatic rings. The van der Waals surface area contributed by atoms with Gasteiger partial charge >= 0.3 is 5.97 Å². The molecule has 14 heteroatoms. The summed E-state index contributed by atoms with van der Waals surface area (Å²) in [5, 5.41) is 9.14. The average molecular weight is 1000 g/mol. The van der Waals surface area contributed by atoms with Crippen LogP contribution in [-0.2, 0) is 43.3 Å². The molecule has 2 saturated heterocycles. The first-order valence-electron chi connectivity index (χ1n) is 27.0. The summed E-state index contributed by atoms with van der Waals surface area (Å²) in [7, 11) is -0.784. The van der Waals surface area contributed by atoms with E-state index in [1.54, 1.807) is 11.9 Å². The fraction of sp³-hybridized carbons (Fsp3) is 0.603. The molecule has 72 heavy (non-hydrogen) atoms. The summed E-state index contributed by atoms with van der Waals surface area (Å²) in [6.45, 7) is 31.1. The molecule has 2 aromatic carbocycles. The number of ether oxygens (including phenoxy) is 1. The highest BCUT2D eigenvalue weighted by Crippen LogP contribution is 2.45. The fourth-order valence-electron chi connectivity index (χ4n) is 12.4. The minimum absolute atomic E-state index is 0.0615. The summed E-state index contributed by atoms with van der Waals surface area (Å²) in [6.07, 6.45) is 5.09. The van der Waals surface area contributed by atoms with Crippen LogP contribution < -0.4 is 20.5 Å². The molecular formula is C58H85N7O6Si. The number of cyclic esters (lactones) is 1. The van der Waals surface area contributed by atoms with Crippen molar-refractivity contribution < 1.29 is 28.3 Å². The van der Waals surface area contributed by atoms with Crippen molar-refractivity contribution in [2.24, 2.45) is 17.3 Å². The number of fused-ring (bicyclic) bond motifs is 6. The van der Waals surface area contributed by atoms with Gasteiger partial charge in [-0.05, 0) is 139 Å². The van der Waals surface area contributed by atoms with Gasteiger partial charge in [0.05, 0.1) is 18.0 Å². The van der Waals surface area contributed by atoms with Gasteiger partial charge in [0.2, 0.25) is 11.8 Å². The zero-order valence-corrected chi connectivity index (χ0v) is 46.9. The summed E-state index contributed by atoms with van der Waals surface area (Å²) in [5.41, 5.74) is 11.9. The summed E-state index contributed by atoms with van der Waals surface area (Å²) >= 11 is 0. The number of benzene rings is 2. The molecule has 392 valence electrons.